The van der Waals surface area contributed by atoms with Crippen LogP contribution in [0.5, 0.6) is 0 Å². The Labute approximate surface area is 119 Å². The van der Waals surface area contributed by atoms with E-state index in [0.717, 1.165) is 24.0 Å². The minimum Gasteiger partial charge on any atom is -0.351 e. The molecule has 110 valence electrons. The fourth-order valence-electron chi connectivity index (χ4n) is 1.82. The number of carbonyl (C=O) groups is 1. The number of nitrogens with zero attached hydrogens (tertiary/aromatic N) is 3. The summed E-state index contributed by atoms with van der Waals surface area (Å²) in [6.45, 7) is 0.256. The number of hydrogen-bond donors (Lipinski definition) is 1. The van der Waals surface area contributed by atoms with Gasteiger partial charge in [-0.1, -0.05) is 0 Å². The molecule has 8 heteroatoms. The van der Waals surface area contributed by atoms with Crippen molar-refractivity contribution in [3.05, 3.63) is 57.9 Å². The minimum absolute atomic E-state index is 0.256. The van der Waals surface area contributed by atoms with Gasteiger partial charge in [0.1, 0.15) is 11.6 Å². The number of hydrogen-bond acceptors (Lipinski definition) is 4. The van der Waals surface area contributed by atoms with Crippen LogP contribution in [0.4, 0.5) is 10.1 Å². The smallest absolute Gasteiger partial charge is 0.270 e. The van der Waals surface area contributed by atoms with Gasteiger partial charge in [0.25, 0.3) is 11.6 Å². The van der Waals surface area contributed by atoms with Crippen LogP contribution in [0.15, 0.2) is 30.6 Å². The Bertz CT molecular complexity index is 684. The molecule has 0 radical (unpaired) electrons. The van der Waals surface area contributed by atoms with Gasteiger partial charge in [-0.05, 0) is 6.07 Å². The van der Waals surface area contributed by atoms with Crippen molar-refractivity contribution >= 4 is 11.6 Å². The number of rotatable bonds is 5. The zero-order valence-corrected chi connectivity index (χ0v) is 11.2. The highest BCUT2D eigenvalue weighted by atomic mass is 19.1. The number of halogens is 1. The van der Waals surface area contributed by atoms with E-state index in [-0.39, 0.29) is 17.8 Å². The Hall–Kier alpha value is -2.77. The molecular weight excluding hydrogens is 279 g/mol. The largest absolute Gasteiger partial charge is 0.351 e. The van der Waals surface area contributed by atoms with Crippen LogP contribution in [0.2, 0.25) is 0 Å². The maximum Gasteiger partial charge on any atom is 0.270 e. The van der Waals surface area contributed by atoms with Crippen LogP contribution in [0.25, 0.3) is 0 Å². The Morgan fingerprint density at radius 3 is 2.90 bits per heavy atom. The van der Waals surface area contributed by atoms with E-state index in [1.807, 2.05) is 7.05 Å². The van der Waals surface area contributed by atoms with Crippen LogP contribution in [0.1, 0.15) is 16.2 Å². The molecule has 7 nitrogen and oxygen atoms in total. The molecule has 0 aliphatic heterocycles. The van der Waals surface area contributed by atoms with Gasteiger partial charge in [-0.2, -0.15) is 0 Å². The fourth-order valence-corrected chi connectivity index (χ4v) is 1.82. The summed E-state index contributed by atoms with van der Waals surface area (Å²) >= 11 is 0. The van der Waals surface area contributed by atoms with Gasteiger partial charge >= 0.3 is 0 Å². The van der Waals surface area contributed by atoms with E-state index in [0.29, 0.717) is 6.42 Å². The number of aryl methyl sites for hydroxylation is 1. The van der Waals surface area contributed by atoms with E-state index in [9.17, 15) is 19.3 Å². The monoisotopic (exact) mass is 292 g/mol. The number of carbonyl (C=O) groups excluding carboxylic acids is 1. The van der Waals surface area contributed by atoms with Crippen LogP contribution >= 0.6 is 0 Å². The topological polar surface area (TPSA) is 90.1 Å². The van der Waals surface area contributed by atoms with Crippen LogP contribution in [-0.2, 0) is 13.5 Å². The standard InChI is InChI=1S/C13H13FN4O3/c1-17-7-6-15-12(17)4-5-16-13(19)10-8-9(18(20)21)2-3-11(10)14/h2-3,6-8H,4-5H2,1H3,(H,16,19). The molecule has 1 aromatic heterocycles. The molecule has 1 amide bonds. The zero-order chi connectivity index (χ0) is 15.4. The molecule has 0 saturated heterocycles. The molecule has 0 bridgehead atoms. The van der Waals surface area contributed by atoms with Crippen LogP contribution in [0.3, 0.4) is 0 Å². The van der Waals surface area contributed by atoms with E-state index in [1.54, 1.807) is 17.0 Å². The summed E-state index contributed by atoms with van der Waals surface area (Å²) in [4.78, 5) is 25.9. The maximum absolute atomic E-state index is 13.5. The predicted octanol–water partition coefficient (Wildman–Crippen LogP) is 1.44. The molecular formula is C13H13FN4O3. The number of non-ortho nitro benzene ring substituents is 1. The summed E-state index contributed by atoms with van der Waals surface area (Å²) in [5, 5.41) is 13.2. The number of imidazole rings is 1. The van der Waals surface area contributed by atoms with Gasteiger partial charge in [0.15, 0.2) is 0 Å². The fraction of sp³-hybridized carbons (Fsp3) is 0.231. The summed E-state index contributed by atoms with van der Waals surface area (Å²) in [5.41, 5.74) is -0.672. The highest BCUT2D eigenvalue weighted by Crippen LogP contribution is 2.16. The van der Waals surface area contributed by atoms with E-state index in [4.69, 9.17) is 0 Å². The summed E-state index contributed by atoms with van der Waals surface area (Å²) < 4.78 is 15.4. The summed E-state index contributed by atoms with van der Waals surface area (Å²) in [6.07, 6.45) is 3.89. The molecule has 0 atom stereocenters. The second-order valence-electron chi connectivity index (χ2n) is 4.38. The number of aromatic nitrogens is 2. The van der Waals surface area contributed by atoms with E-state index in [1.165, 1.54) is 0 Å². The SMILES string of the molecule is Cn1ccnc1CCNC(=O)c1cc([N+](=O)[O-])ccc1F. The lowest BCUT2D eigenvalue weighted by Gasteiger charge is -2.06. The summed E-state index contributed by atoms with van der Waals surface area (Å²) in [5.74, 6) is -0.713. The van der Waals surface area contributed by atoms with E-state index >= 15 is 0 Å². The van der Waals surface area contributed by atoms with Crippen LogP contribution in [0, 0.1) is 15.9 Å². The molecule has 2 aromatic rings. The lowest BCUT2D eigenvalue weighted by Crippen LogP contribution is -2.27. The number of nitro benzene ring substituents is 1. The predicted molar refractivity (Wildman–Crippen MR) is 72.3 cm³/mol. The average Bonchev–Trinajstić information content (AvgIpc) is 2.84. The molecule has 1 aromatic carbocycles. The van der Waals surface area contributed by atoms with Crippen molar-refractivity contribution < 1.29 is 14.1 Å². The third kappa shape index (κ3) is 3.41. The molecule has 1 N–H and O–H groups in total. The van der Waals surface area contributed by atoms with Gasteiger partial charge < -0.3 is 9.88 Å². The van der Waals surface area contributed by atoms with Gasteiger partial charge in [-0.15, -0.1) is 0 Å². The van der Waals surface area contributed by atoms with Crippen LogP contribution < -0.4 is 5.32 Å². The van der Waals surface area contributed by atoms with E-state index in [2.05, 4.69) is 10.3 Å². The first-order chi connectivity index (χ1) is 9.99. The molecule has 0 spiro atoms. The van der Waals surface area contributed by atoms with Gasteiger partial charge in [0.2, 0.25) is 0 Å². The lowest BCUT2D eigenvalue weighted by molar-refractivity contribution is -0.384. The van der Waals surface area contributed by atoms with Gasteiger partial charge in [-0.25, -0.2) is 9.37 Å². The summed E-state index contributed by atoms with van der Waals surface area (Å²) in [6, 6.07) is 2.84. The third-order valence-electron chi connectivity index (χ3n) is 2.96. The molecule has 0 fully saturated rings. The average molecular weight is 292 g/mol. The second-order valence-corrected chi connectivity index (χ2v) is 4.38. The maximum atomic E-state index is 13.5. The second kappa shape index (κ2) is 6.12. The Morgan fingerprint density at radius 2 is 2.29 bits per heavy atom. The highest BCUT2D eigenvalue weighted by molar-refractivity contribution is 5.95. The zero-order valence-electron chi connectivity index (χ0n) is 11.2. The summed E-state index contributed by atoms with van der Waals surface area (Å²) in [7, 11) is 1.82. The molecule has 0 unspecified atom stereocenters. The third-order valence-corrected chi connectivity index (χ3v) is 2.96. The first-order valence-corrected chi connectivity index (χ1v) is 6.17. The van der Waals surface area contributed by atoms with Crippen molar-refractivity contribution in [2.24, 2.45) is 7.05 Å². The molecule has 21 heavy (non-hydrogen) atoms. The number of nitrogens with one attached hydrogen (secondary N) is 1. The molecule has 1 heterocycles. The van der Waals surface area contributed by atoms with Crippen molar-refractivity contribution in [2.75, 3.05) is 6.54 Å². The van der Waals surface area contributed by atoms with Gasteiger partial charge in [0.05, 0.1) is 10.5 Å². The minimum atomic E-state index is -0.796. The normalized spacial score (nSPS) is 10.4. The van der Waals surface area contributed by atoms with Gasteiger partial charge in [-0.3, -0.25) is 14.9 Å². The Balaban J connectivity index is 2.01. The quantitative estimate of drug-likeness (QED) is 0.667. The Morgan fingerprint density at radius 1 is 1.52 bits per heavy atom. The molecule has 0 saturated carbocycles. The molecule has 0 aliphatic carbocycles. The van der Waals surface area contributed by atoms with Crippen LogP contribution in [-0.4, -0.2) is 26.9 Å². The first kappa shape index (κ1) is 14.6. The first-order valence-electron chi connectivity index (χ1n) is 6.17. The lowest BCUT2D eigenvalue weighted by atomic mass is 10.1. The highest BCUT2D eigenvalue weighted by Gasteiger charge is 2.16. The van der Waals surface area contributed by atoms with Crippen molar-refractivity contribution in [1.29, 1.82) is 0 Å². The number of benzene rings is 1. The van der Waals surface area contributed by atoms with Crippen molar-refractivity contribution in [3.8, 4) is 0 Å². The molecule has 2 rings (SSSR count). The van der Waals surface area contributed by atoms with Crippen molar-refractivity contribution in [1.82, 2.24) is 14.9 Å². The Kier molecular flexibility index (Phi) is 4.27. The van der Waals surface area contributed by atoms with Crippen molar-refractivity contribution in [3.63, 3.8) is 0 Å². The van der Waals surface area contributed by atoms with Crippen molar-refractivity contribution in [2.45, 2.75) is 6.42 Å². The number of amides is 1. The number of nitro groups is 1. The van der Waals surface area contributed by atoms with Gasteiger partial charge in [0, 0.05) is 44.5 Å². The van der Waals surface area contributed by atoms with E-state index < -0.39 is 16.6 Å². The molecule has 0 aliphatic rings.